The van der Waals surface area contributed by atoms with E-state index in [-0.39, 0.29) is 5.57 Å². The predicted octanol–water partition coefficient (Wildman–Crippen LogP) is 5.60. The maximum Gasteiger partial charge on any atom is 0.267 e. The second kappa shape index (κ2) is 9.45. The molecule has 0 spiro atoms. The van der Waals surface area contributed by atoms with E-state index < -0.39 is 5.91 Å². The topological polar surface area (TPSA) is 64.9 Å². The van der Waals surface area contributed by atoms with E-state index in [1.165, 1.54) is 6.20 Å². The Bertz CT molecular complexity index is 1040. The molecule has 28 heavy (non-hydrogen) atoms. The number of aryl methyl sites for hydroxylation is 1. The van der Waals surface area contributed by atoms with Crippen LogP contribution < -0.4 is 10.6 Å². The van der Waals surface area contributed by atoms with Gasteiger partial charge in [-0.15, -0.1) is 0 Å². The molecule has 2 N–H and O–H groups in total. The van der Waals surface area contributed by atoms with Gasteiger partial charge in [-0.25, -0.2) is 0 Å². The molecular weight excluding hydrogens is 366 g/mol. The monoisotopic (exact) mass is 385 g/mol. The second-order valence-electron chi connectivity index (χ2n) is 6.05. The highest BCUT2D eigenvalue weighted by atomic mass is 32.2. The van der Waals surface area contributed by atoms with Crippen LogP contribution in [0.4, 0.5) is 11.4 Å². The molecule has 0 atom stereocenters. The molecule has 0 heterocycles. The molecule has 3 rings (SSSR count). The van der Waals surface area contributed by atoms with Gasteiger partial charge in [0, 0.05) is 21.7 Å². The zero-order chi connectivity index (χ0) is 19.8. The van der Waals surface area contributed by atoms with Gasteiger partial charge in [-0.1, -0.05) is 54.2 Å². The summed E-state index contributed by atoms with van der Waals surface area (Å²) in [6.45, 7) is 1.94. The number of benzene rings is 3. The Hall–Kier alpha value is -3.49. The number of nitrogens with one attached hydrogen (secondary N) is 2. The molecule has 0 aromatic heterocycles. The largest absolute Gasteiger partial charge is 0.359 e. The first kappa shape index (κ1) is 19.3. The van der Waals surface area contributed by atoms with Gasteiger partial charge in [-0.05, 0) is 48.9 Å². The smallest absolute Gasteiger partial charge is 0.267 e. The minimum atomic E-state index is -0.450. The van der Waals surface area contributed by atoms with Crippen molar-refractivity contribution < 1.29 is 4.79 Å². The molecule has 4 nitrogen and oxygen atoms in total. The van der Waals surface area contributed by atoms with Crippen LogP contribution in [0, 0.1) is 18.3 Å². The Morgan fingerprint density at radius 1 is 1.00 bits per heavy atom. The minimum Gasteiger partial charge on any atom is -0.359 e. The maximum atomic E-state index is 12.4. The summed E-state index contributed by atoms with van der Waals surface area (Å²) in [6, 6.07) is 27.2. The average molecular weight is 385 g/mol. The number of nitriles is 1. The molecule has 0 saturated heterocycles. The molecule has 5 heteroatoms. The summed E-state index contributed by atoms with van der Waals surface area (Å²) in [7, 11) is 0. The summed E-state index contributed by atoms with van der Waals surface area (Å²) in [6.07, 6.45) is 1.44. The van der Waals surface area contributed by atoms with Crippen LogP contribution in [0.25, 0.3) is 0 Å². The first-order chi connectivity index (χ1) is 13.7. The number of nitrogens with zero attached hydrogens (tertiary/aromatic N) is 1. The lowest BCUT2D eigenvalue weighted by atomic mass is 10.2. The molecule has 0 fully saturated rings. The van der Waals surface area contributed by atoms with Crippen LogP contribution in [-0.4, -0.2) is 5.91 Å². The van der Waals surface area contributed by atoms with Crippen molar-refractivity contribution in [3.63, 3.8) is 0 Å². The lowest BCUT2D eigenvalue weighted by Gasteiger charge is -2.10. The number of amides is 1. The first-order valence-corrected chi connectivity index (χ1v) is 9.54. The van der Waals surface area contributed by atoms with Crippen LogP contribution in [0.1, 0.15) is 5.56 Å². The van der Waals surface area contributed by atoms with Crippen LogP contribution in [0.5, 0.6) is 0 Å². The lowest BCUT2D eigenvalue weighted by Crippen LogP contribution is -2.14. The predicted molar refractivity (Wildman–Crippen MR) is 114 cm³/mol. The standard InChI is InChI=1S/C23H19N3OS/c1-17-8-7-9-19(14-17)26-23(27)18(15-24)16-25-21-12-5-6-13-22(21)28-20-10-3-2-4-11-20/h2-14,16,25H,1H3,(H,26,27)/b18-16-. The number of para-hydroxylation sites is 1. The number of hydrogen-bond acceptors (Lipinski definition) is 4. The lowest BCUT2D eigenvalue weighted by molar-refractivity contribution is -0.112. The molecule has 0 radical (unpaired) electrons. The molecule has 3 aromatic rings. The van der Waals surface area contributed by atoms with Crippen LogP contribution >= 0.6 is 11.8 Å². The quantitative estimate of drug-likeness (QED) is 0.428. The molecule has 0 bridgehead atoms. The Balaban J connectivity index is 1.74. The van der Waals surface area contributed by atoms with Crippen LogP contribution in [0.2, 0.25) is 0 Å². The van der Waals surface area contributed by atoms with Crippen LogP contribution in [-0.2, 0) is 4.79 Å². The minimum absolute atomic E-state index is 0.000945. The molecule has 0 saturated carbocycles. The van der Waals surface area contributed by atoms with Crippen molar-refractivity contribution in [2.45, 2.75) is 16.7 Å². The number of anilines is 2. The highest BCUT2D eigenvalue weighted by Crippen LogP contribution is 2.33. The van der Waals surface area contributed by atoms with E-state index in [9.17, 15) is 10.1 Å². The van der Waals surface area contributed by atoms with Crippen molar-refractivity contribution in [1.29, 1.82) is 5.26 Å². The third-order valence-electron chi connectivity index (χ3n) is 3.87. The summed E-state index contributed by atoms with van der Waals surface area (Å²) in [5.74, 6) is -0.450. The summed E-state index contributed by atoms with van der Waals surface area (Å²) < 4.78 is 0. The van der Waals surface area contributed by atoms with E-state index in [4.69, 9.17) is 0 Å². The SMILES string of the molecule is Cc1cccc(NC(=O)/C(C#N)=C\Nc2ccccc2Sc2ccccc2)c1. The summed E-state index contributed by atoms with van der Waals surface area (Å²) >= 11 is 1.61. The van der Waals surface area contributed by atoms with Gasteiger partial charge in [-0.3, -0.25) is 4.79 Å². The normalized spacial score (nSPS) is 10.8. The zero-order valence-corrected chi connectivity index (χ0v) is 16.2. The molecule has 1 amide bonds. The van der Waals surface area contributed by atoms with E-state index in [1.54, 1.807) is 17.8 Å². The average Bonchev–Trinajstić information content (AvgIpc) is 2.70. The molecular formula is C23H19N3OS. The van der Waals surface area contributed by atoms with Crippen molar-refractivity contribution in [3.8, 4) is 6.07 Å². The second-order valence-corrected chi connectivity index (χ2v) is 7.16. The molecule has 0 aliphatic carbocycles. The van der Waals surface area contributed by atoms with Crippen molar-refractivity contribution in [3.05, 3.63) is 96.2 Å². The van der Waals surface area contributed by atoms with Crippen molar-refractivity contribution >= 4 is 29.0 Å². The third-order valence-corrected chi connectivity index (χ3v) is 4.95. The molecule has 138 valence electrons. The van der Waals surface area contributed by atoms with E-state index >= 15 is 0 Å². The maximum absolute atomic E-state index is 12.4. The number of rotatable bonds is 6. The fraction of sp³-hybridized carbons (Fsp3) is 0.0435. The Morgan fingerprint density at radius 2 is 1.75 bits per heavy atom. The van der Waals surface area contributed by atoms with E-state index in [0.29, 0.717) is 5.69 Å². The molecule has 0 aliphatic heterocycles. The first-order valence-electron chi connectivity index (χ1n) is 8.72. The van der Waals surface area contributed by atoms with Crippen LogP contribution in [0.15, 0.2) is 100 Å². The zero-order valence-electron chi connectivity index (χ0n) is 15.3. The highest BCUT2D eigenvalue weighted by molar-refractivity contribution is 7.99. The Kier molecular flexibility index (Phi) is 6.50. The van der Waals surface area contributed by atoms with Gasteiger partial charge in [0.2, 0.25) is 0 Å². The van der Waals surface area contributed by atoms with Gasteiger partial charge in [0.05, 0.1) is 5.69 Å². The summed E-state index contributed by atoms with van der Waals surface area (Å²) in [5.41, 5.74) is 2.52. The van der Waals surface area contributed by atoms with Gasteiger partial charge in [0.1, 0.15) is 11.6 Å². The molecule has 3 aromatic carbocycles. The van der Waals surface area contributed by atoms with Crippen LogP contribution in [0.3, 0.4) is 0 Å². The summed E-state index contributed by atoms with van der Waals surface area (Å²) in [4.78, 5) is 14.5. The van der Waals surface area contributed by atoms with Gasteiger partial charge >= 0.3 is 0 Å². The number of hydrogen-bond donors (Lipinski definition) is 2. The van der Waals surface area contributed by atoms with E-state index in [0.717, 1.165) is 21.0 Å². The highest BCUT2D eigenvalue weighted by Gasteiger charge is 2.10. The van der Waals surface area contributed by atoms with Gasteiger partial charge in [-0.2, -0.15) is 5.26 Å². The Morgan fingerprint density at radius 3 is 2.50 bits per heavy atom. The van der Waals surface area contributed by atoms with Gasteiger partial charge in [0.15, 0.2) is 0 Å². The summed E-state index contributed by atoms with van der Waals surface area (Å²) in [5, 5.41) is 15.2. The fourth-order valence-corrected chi connectivity index (χ4v) is 3.44. The van der Waals surface area contributed by atoms with Gasteiger partial charge in [0.25, 0.3) is 5.91 Å². The van der Waals surface area contributed by atoms with Crippen molar-refractivity contribution in [2.24, 2.45) is 0 Å². The van der Waals surface area contributed by atoms with Gasteiger partial charge < -0.3 is 10.6 Å². The van der Waals surface area contributed by atoms with Crippen molar-refractivity contribution in [2.75, 3.05) is 10.6 Å². The number of carbonyl (C=O) groups excluding carboxylic acids is 1. The molecule has 0 aliphatic rings. The third kappa shape index (κ3) is 5.26. The van der Waals surface area contributed by atoms with E-state index in [1.807, 2.05) is 85.8 Å². The fourth-order valence-electron chi connectivity index (χ4n) is 2.51. The van der Waals surface area contributed by atoms with Crippen molar-refractivity contribution in [1.82, 2.24) is 0 Å². The Labute approximate surface area is 168 Å². The van der Waals surface area contributed by atoms with E-state index in [2.05, 4.69) is 10.6 Å². The molecule has 0 unspecified atom stereocenters. The number of carbonyl (C=O) groups is 1.